The topological polar surface area (TPSA) is 32.3 Å². The monoisotopic (exact) mass is 483 g/mol. The van der Waals surface area contributed by atoms with Crippen LogP contribution < -0.4 is 0 Å². The van der Waals surface area contributed by atoms with Gasteiger partial charge in [-0.25, -0.2) is 0 Å². The summed E-state index contributed by atoms with van der Waals surface area (Å²) >= 11 is 0. The highest BCUT2D eigenvalue weighted by Gasteiger charge is 2.67. The molecule has 0 N–H and O–H groups in total. The lowest BCUT2D eigenvalue weighted by Gasteiger charge is -2.57. The van der Waals surface area contributed by atoms with Crippen molar-refractivity contribution in [1.82, 2.24) is 0 Å². The third-order valence-electron chi connectivity index (χ3n) is 11.6. The highest BCUT2D eigenvalue weighted by atomic mass is 16.6. The molecule has 2 bridgehead atoms. The molecule has 5 aliphatic rings. The van der Waals surface area contributed by atoms with Gasteiger partial charge in [0.15, 0.2) is 0 Å². The first kappa shape index (κ1) is 23.2. The zero-order chi connectivity index (χ0) is 24.9. The highest BCUT2D eigenvalue weighted by molar-refractivity contribution is 5.83. The highest BCUT2D eigenvalue weighted by Crippen LogP contribution is 2.69. The Morgan fingerprint density at radius 2 is 1.83 bits per heavy atom. The van der Waals surface area contributed by atoms with Crippen molar-refractivity contribution < 1.29 is 9.38 Å². The Morgan fingerprint density at radius 1 is 1.03 bits per heavy atom. The minimum Gasteiger partial charge on any atom is -0.633 e. The second-order valence-electron chi connectivity index (χ2n) is 13.4. The second-order valence-corrected chi connectivity index (χ2v) is 13.4. The van der Waals surface area contributed by atoms with E-state index < -0.39 is 0 Å². The average Bonchev–Trinajstić information content (AvgIpc) is 3.38. The first-order valence-corrected chi connectivity index (χ1v) is 14.4. The van der Waals surface area contributed by atoms with E-state index in [2.05, 4.69) is 75.4 Å². The van der Waals surface area contributed by atoms with E-state index in [1.54, 1.807) is 0 Å². The van der Waals surface area contributed by atoms with Gasteiger partial charge in [-0.05, 0) is 97.1 Å². The first-order chi connectivity index (χ1) is 17.2. The lowest BCUT2D eigenvalue weighted by molar-refractivity contribution is -0.909. The van der Waals surface area contributed by atoms with Crippen molar-refractivity contribution in [3.63, 3.8) is 0 Å². The van der Waals surface area contributed by atoms with E-state index in [-0.39, 0.29) is 33.3 Å². The molecular formula is C33H41NO2. The van der Waals surface area contributed by atoms with E-state index in [0.717, 1.165) is 38.5 Å². The third-order valence-corrected chi connectivity index (χ3v) is 11.6. The lowest BCUT2D eigenvalue weighted by atomic mass is 9.58. The van der Waals surface area contributed by atoms with Crippen molar-refractivity contribution >= 4 is 10.8 Å². The maximum Gasteiger partial charge on any atom is 0.0975 e. The molecule has 2 spiro atoms. The zero-order valence-corrected chi connectivity index (χ0v) is 22.4. The fourth-order valence-corrected chi connectivity index (χ4v) is 9.21. The molecule has 7 atom stereocenters. The normalized spacial score (nSPS) is 40.8. The van der Waals surface area contributed by atoms with E-state index >= 15 is 0 Å². The van der Waals surface area contributed by atoms with E-state index in [1.165, 1.54) is 40.3 Å². The summed E-state index contributed by atoms with van der Waals surface area (Å²) in [5, 5.41) is 16.2. The molecule has 2 aromatic carbocycles. The molecule has 2 unspecified atom stereocenters. The van der Waals surface area contributed by atoms with Gasteiger partial charge in [-0.15, -0.1) is 0 Å². The molecule has 1 saturated heterocycles. The fraction of sp³-hybridized carbons (Fsp3) is 0.576. The number of nitrogens with zero attached hydrogens (tertiary/aromatic N) is 1. The van der Waals surface area contributed by atoms with Gasteiger partial charge in [0.25, 0.3) is 0 Å². The van der Waals surface area contributed by atoms with Crippen LogP contribution in [0.25, 0.3) is 10.8 Å². The quantitative estimate of drug-likeness (QED) is 0.329. The van der Waals surface area contributed by atoms with Crippen LogP contribution in [0.2, 0.25) is 0 Å². The van der Waals surface area contributed by atoms with Crippen molar-refractivity contribution in [3.8, 4) is 0 Å². The number of hydrogen-bond acceptors (Lipinski definition) is 2. The zero-order valence-electron chi connectivity index (χ0n) is 22.4. The average molecular weight is 484 g/mol. The van der Waals surface area contributed by atoms with Crippen LogP contribution in [0, 0.1) is 16.5 Å². The van der Waals surface area contributed by atoms with Gasteiger partial charge >= 0.3 is 0 Å². The van der Waals surface area contributed by atoms with Crippen molar-refractivity contribution in [2.45, 2.75) is 101 Å². The minimum absolute atomic E-state index is 0.0851. The predicted octanol–water partition coefficient (Wildman–Crippen LogP) is 7.80. The third kappa shape index (κ3) is 2.97. The SMILES string of the molecule is CC(C)[N+](C)([O-])[C@H]1CCC2=CC3=CC[C@]4(C)[C@@H](c5ccc6ccccc6c5)CC[C@H]4C34CC[C@]2(C1)O4. The van der Waals surface area contributed by atoms with Gasteiger partial charge < -0.3 is 14.6 Å². The van der Waals surface area contributed by atoms with E-state index in [4.69, 9.17) is 4.74 Å². The molecule has 2 heterocycles. The summed E-state index contributed by atoms with van der Waals surface area (Å²) < 4.78 is 7.29. The Balaban J connectivity index is 1.25. The maximum absolute atomic E-state index is 13.6. The molecule has 3 heteroatoms. The molecule has 190 valence electrons. The van der Waals surface area contributed by atoms with Crippen LogP contribution in [0.15, 0.2) is 65.8 Å². The van der Waals surface area contributed by atoms with Crippen molar-refractivity contribution in [2.24, 2.45) is 11.3 Å². The number of quaternary nitrogens is 1. The standard InChI is InChI=1S/C33H41NO2/c1-22(2)34(4,35)28-12-11-26-20-27-15-16-31(3)29(25-10-9-23-7-5-6-8-24(23)19-25)13-14-30(31)33(27)18-17-32(26,21-28)36-33/h5-10,15,19-20,22,28-30H,11-14,16-18,21H2,1-4H3/t28-,29+,30+,31+,32+,33?,34?/m0/s1. The molecule has 2 saturated carbocycles. The van der Waals surface area contributed by atoms with Crippen molar-refractivity contribution in [1.29, 1.82) is 0 Å². The number of benzene rings is 2. The van der Waals surface area contributed by atoms with Gasteiger partial charge in [0.05, 0.1) is 30.3 Å². The molecular weight excluding hydrogens is 442 g/mol. The number of fused-ring (bicyclic) bond motifs is 2. The summed E-state index contributed by atoms with van der Waals surface area (Å²) in [5.41, 5.74) is 4.29. The smallest absolute Gasteiger partial charge is 0.0975 e. The Labute approximate surface area is 216 Å². The van der Waals surface area contributed by atoms with E-state index in [1.807, 2.05) is 7.05 Å². The summed E-state index contributed by atoms with van der Waals surface area (Å²) in [6.45, 7) is 6.70. The van der Waals surface area contributed by atoms with Gasteiger partial charge in [-0.1, -0.05) is 61.5 Å². The van der Waals surface area contributed by atoms with Crippen LogP contribution in [-0.2, 0) is 4.74 Å². The largest absolute Gasteiger partial charge is 0.633 e. The van der Waals surface area contributed by atoms with Crippen molar-refractivity contribution in [3.05, 3.63) is 76.5 Å². The minimum atomic E-state index is -0.210. The van der Waals surface area contributed by atoms with Gasteiger partial charge in [-0.2, -0.15) is 0 Å². The number of hydroxylamine groups is 3. The number of rotatable bonds is 3. The van der Waals surface area contributed by atoms with E-state index in [9.17, 15) is 5.21 Å². The predicted molar refractivity (Wildman–Crippen MR) is 146 cm³/mol. The molecule has 36 heavy (non-hydrogen) atoms. The molecule has 0 amide bonds. The second kappa shape index (κ2) is 7.56. The maximum atomic E-state index is 13.6. The molecule has 2 aromatic rings. The Kier molecular flexibility index (Phi) is 4.87. The molecule has 0 radical (unpaired) electrons. The fourth-order valence-electron chi connectivity index (χ4n) is 9.21. The molecule has 3 nitrogen and oxygen atoms in total. The molecule has 2 aliphatic heterocycles. The van der Waals surface area contributed by atoms with Gasteiger partial charge in [-0.3, -0.25) is 0 Å². The van der Waals surface area contributed by atoms with Crippen LogP contribution in [0.5, 0.6) is 0 Å². The summed E-state index contributed by atoms with van der Waals surface area (Å²) in [6.07, 6.45) is 13.8. The summed E-state index contributed by atoms with van der Waals surface area (Å²) in [5.74, 6) is 1.10. The van der Waals surface area contributed by atoms with Crippen molar-refractivity contribution in [2.75, 3.05) is 7.05 Å². The molecule has 3 aliphatic carbocycles. The summed E-state index contributed by atoms with van der Waals surface area (Å²) in [7, 11) is 1.89. The van der Waals surface area contributed by atoms with Crippen LogP contribution in [-0.4, -0.2) is 35.0 Å². The van der Waals surface area contributed by atoms with Crippen LogP contribution in [0.4, 0.5) is 0 Å². The number of allylic oxidation sites excluding steroid dienone is 1. The van der Waals surface area contributed by atoms with E-state index in [0.29, 0.717) is 11.8 Å². The van der Waals surface area contributed by atoms with Gasteiger partial charge in [0.2, 0.25) is 0 Å². The van der Waals surface area contributed by atoms with Crippen LogP contribution in [0.1, 0.15) is 83.6 Å². The molecule has 0 aromatic heterocycles. The number of hydrogen-bond donors (Lipinski definition) is 0. The lowest BCUT2D eigenvalue weighted by Crippen LogP contribution is -2.59. The number of ether oxygens (including phenoxy) is 1. The van der Waals surface area contributed by atoms with Gasteiger partial charge in [0, 0.05) is 12.8 Å². The summed E-state index contributed by atoms with van der Waals surface area (Å²) in [6, 6.07) is 16.1. The molecule has 3 fully saturated rings. The van der Waals surface area contributed by atoms with Crippen LogP contribution in [0.3, 0.4) is 0 Å². The Bertz CT molecular complexity index is 1290. The Morgan fingerprint density at radius 3 is 2.64 bits per heavy atom. The first-order valence-electron chi connectivity index (χ1n) is 14.4. The Hall–Kier alpha value is -1.94. The summed E-state index contributed by atoms with van der Waals surface area (Å²) in [4.78, 5) is 0. The molecule has 7 rings (SSSR count). The van der Waals surface area contributed by atoms with Crippen LogP contribution >= 0.6 is 0 Å². The van der Waals surface area contributed by atoms with Gasteiger partial charge in [0.1, 0.15) is 0 Å².